The Morgan fingerprint density at radius 3 is 2.95 bits per heavy atom. The highest BCUT2D eigenvalue weighted by Crippen LogP contribution is 2.39. The van der Waals surface area contributed by atoms with Gasteiger partial charge < -0.3 is 14.8 Å². The third-order valence-electron chi connectivity index (χ3n) is 4.55. The number of rotatable bonds is 3. The quantitative estimate of drug-likeness (QED) is 0.921. The van der Waals surface area contributed by atoms with Crippen LogP contribution in [0.3, 0.4) is 0 Å². The molecular weight excluding hydrogens is 306 g/mol. The van der Waals surface area contributed by atoms with Crippen LogP contribution in [0.1, 0.15) is 32.6 Å². The van der Waals surface area contributed by atoms with Crippen LogP contribution >= 0.6 is 11.6 Å². The fraction of sp³-hybridized carbons (Fsp3) is 0.733. The van der Waals surface area contributed by atoms with Crippen LogP contribution < -0.4 is 10.9 Å². The molecule has 1 aromatic heterocycles. The van der Waals surface area contributed by atoms with Crippen molar-refractivity contribution in [2.75, 3.05) is 18.5 Å². The van der Waals surface area contributed by atoms with Crippen LogP contribution in [0.15, 0.2) is 11.0 Å². The molecule has 0 amide bonds. The molecule has 122 valence electrons. The molecule has 3 rings (SSSR count). The van der Waals surface area contributed by atoms with Crippen molar-refractivity contribution in [1.82, 2.24) is 9.78 Å². The Balaban J connectivity index is 1.57. The summed E-state index contributed by atoms with van der Waals surface area (Å²) in [6, 6.07) is 0. The maximum absolute atomic E-state index is 11.7. The Bertz CT molecular complexity index is 596. The van der Waals surface area contributed by atoms with Gasteiger partial charge in [-0.2, -0.15) is 5.10 Å². The van der Waals surface area contributed by atoms with Crippen LogP contribution in [0, 0.1) is 5.92 Å². The van der Waals surface area contributed by atoms with Crippen molar-refractivity contribution in [3.05, 3.63) is 21.6 Å². The molecule has 2 fully saturated rings. The normalized spacial score (nSPS) is 31.6. The number of nitrogens with one attached hydrogen (secondary N) is 1. The highest BCUT2D eigenvalue weighted by molar-refractivity contribution is 6.32. The maximum atomic E-state index is 11.7. The molecule has 0 bridgehead atoms. The Labute approximate surface area is 134 Å². The second kappa shape index (κ2) is 6.18. The van der Waals surface area contributed by atoms with Gasteiger partial charge in [0.15, 0.2) is 5.79 Å². The summed E-state index contributed by atoms with van der Waals surface area (Å²) in [5.74, 6) is 0.355. The summed E-state index contributed by atoms with van der Waals surface area (Å²) in [6.45, 7) is 3.38. The van der Waals surface area contributed by atoms with Gasteiger partial charge in [0.25, 0.3) is 5.56 Å². The van der Waals surface area contributed by atoms with Crippen LogP contribution in [0.25, 0.3) is 0 Å². The average molecular weight is 328 g/mol. The van der Waals surface area contributed by atoms with Gasteiger partial charge in [-0.15, -0.1) is 0 Å². The number of halogens is 1. The smallest absolute Gasteiger partial charge is 0.287 e. The summed E-state index contributed by atoms with van der Waals surface area (Å²) in [7, 11) is 1.57. The Hall–Kier alpha value is -1.11. The van der Waals surface area contributed by atoms with Crippen LogP contribution in [-0.4, -0.2) is 34.8 Å². The number of hydrogen-bond acceptors (Lipinski definition) is 5. The van der Waals surface area contributed by atoms with Crippen molar-refractivity contribution >= 4 is 17.3 Å². The SMILES string of the molecule is CC1CCC2(CC1)OCC(CNc1cnn(C)c(=O)c1Cl)O2. The number of aryl methyl sites for hydroxylation is 1. The van der Waals surface area contributed by atoms with E-state index in [1.54, 1.807) is 13.2 Å². The standard InChI is InChI=1S/C15H22ClN3O3/c1-10-3-5-15(6-4-10)21-9-11(22-15)7-17-12-8-18-19(2)14(20)13(12)16/h8,10-11,17H,3-7,9H2,1-2H3. The van der Waals surface area contributed by atoms with E-state index in [0.717, 1.165) is 31.6 Å². The second-order valence-electron chi connectivity index (χ2n) is 6.33. The van der Waals surface area contributed by atoms with E-state index in [-0.39, 0.29) is 16.7 Å². The van der Waals surface area contributed by atoms with E-state index in [9.17, 15) is 4.79 Å². The molecule has 0 radical (unpaired) electrons. The van der Waals surface area contributed by atoms with Gasteiger partial charge in [0.2, 0.25) is 0 Å². The first kappa shape index (κ1) is 15.8. The van der Waals surface area contributed by atoms with E-state index in [2.05, 4.69) is 17.3 Å². The van der Waals surface area contributed by atoms with Crippen molar-refractivity contribution in [1.29, 1.82) is 0 Å². The molecule has 1 saturated carbocycles. The van der Waals surface area contributed by atoms with Crippen molar-refractivity contribution in [3.8, 4) is 0 Å². The minimum absolute atomic E-state index is 0.0338. The van der Waals surface area contributed by atoms with Gasteiger partial charge in [-0.3, -0.25) is 4.79 Å². The zero-order valence-corrected chi connectivity index (χ0v) is 13.7. The minimum atomic E-state index is -0.395. The van der Waals surface area contributed by atoms with Crippen molar-refractivity contribution in [2.24, 2.45) is 13.0 Å². The molecule has 6 nitrogen and oxygen atoms in total. The predicted octanol–water partition coefficient (Wildman–Crippen LogP) is 2.17. The molecule has 22 heavy (non-hydrogen) atoms. The lowest BCUT2D eigenvalue weighted by atomic mass is 9.86. The molecule has 1 atom stereocenters. The predicted molar refractivity (Wildman–Crippen MR) is 84.2 cm³/mol. The molecule has 2 aliphatic rings. The summed E-state index contributed by atoms with van der Waals surface area (Å²) in [6.07, 6.45) is 5.72. The Kier molecular flexibility index (Phi) is 4.43. The van der Waals surface area contributed by atoms with Gasteiger partial charge in [-0.05, 0) is 18.8 Å². The minimum Gasteiger partial charge on any atom is -0.380 e. The number of nitrogens with zero attached hydrogens (tertiary/aromatic N) is 2. The molecule has 1 aliphatic heterocycles. The molecular formula is C15H22ClN3O3. The molecule has 1 unspecified atom stereocenters. The average Bonchev–Trinajstić information content (AvgIpc) is 2.91. The number of anilines is 1. The van der Waals surface area contributed by atoms with E-state index >= 15 is 0 Å². The summed E-state index contributed by atoms with van der Waals surface area (Å²) in [5.41, 5.74) is 0.222. The van der Waals surface area contributed by atoms with Gasteiger partial charge in [0.05, 0.1) is 18.5 Å². The summed E-state index contributed by atoms with van der Waals surface area (Å²) < 4.78 is 13.3. The van der Waals surface area contributed by atoms with Crippen LogP contribution in [-0.2, 0) is 16.5 Å². The van der Waals surface area contributed by atoms with Gasteiger partial charge in [-0.25, -0.2) is 4.68 Å². The number of ether oxygens (including phenoxy) is 2. The largest absolute Gasteiger partial charge is 0.380 e. The maximum Gasteiger partial charge on any atom is 0.287 e. The van der Waals surface area contributed by atoms with Crippen molar-refractivity contribution < 1.29 is 9.47 Å². The number of hydrogen-bond donors (Lipinski definition) is 1. The number of aromatic nitrogens is 2. The zero-order chi connectivity index (χ0) is 15.7. The topological polar surface area (TPSA) is 65.4 Å². The highest BCUT2D eigenvalue weighted by Gasteiger charge is 2.43. The first-order chi connectivity index (χ1) is 10.5. The Morgan fingerprint density at radius 2 is 2.23 bits per heavy atom. The highest BCUT2D eigenvalue weighted by atomic mass is 35.5. The van der Waals surface area contributed by atoms with Crippen LogP contribution in [0.2, 0.25) is 5.02 Å². The summed E-state index contributed by atoms with van der Waals surface area (Å²) in [4.78, 5) is 11.7. The third kappa shape index (κ3) is 3.14. The fourth-order valence-corrected chi connectivity index (χ4v) is 3.28. The van der Waals surface area contributed by atoms with Crippen molar-refractivity contribution in [2.45, 2.75) is 44.5 Å². The van der Waals surface area contributed by atoms with E-state index in [1.807, 2.05) is 0 Å². The molecule has 1 N–H and O–H groups in total. The molecule has 7 heteroatoms. The van der Waals surface area contributed by atoms with Gasteiger partial charge >= 0.3 is 0 Å². The second-order valence-corrected chi connectivity index (χ2v) is 6.70. The van der Waals surface area contributed by atoms with Crippen molar-refractivity contribution in [3.63, 3.8) is 0 Å². The van der Waals surface area contributed by atoms with Gasteiger partial charge in [-0.1, -0.05) is 18.5 Å². The molecule has 0 aromatic carbocycles. The van der Waals surface area contributed by atoms with E-state index in [0.29, 0.717) is 18.8 Å². The monoisotopic (exact) mass is 327 g/mol. The van der Waals surface area contributed by atoms with Crippen LogP contribution in [0.5, 0.6) is 0 Å². The lowest BCUT2D eigenvalue weighted by Crippen LogP contribution is -2.36. The molecule has 1 aromatic rings. The molecule has 1 aliphatic carbocycles. The van der Waals surface area contributed by atoms with E-state index in [4.69, 9.17) is 21.1 Å². The Morgan fingerprint density at radius 1 is 1.50 bits per heavy atom. The fourth-order valence-electron chi connectivity index (χ4n) is 3.04. The van der Waals surface area contributed by atoms with Crippen LogP contribution in [0.4, 0.5) is 5.69 Å². The lowest BCUT2D eigenvalue weighted by molar-refractivity contribution is -0.190. The summed E-state index contributed by atoms with van der Waals surface area (Å²) >= 11 is 6.03. The first-order valence-corrected chi connectivity index (χ1v) is 8.14. The van der Waals surface area contributed by atoms with Gasteiger partial charge in [0, 0.05) is 26.4 Å². The summed E-state index contributed by atoms with van der Waals surface area (Å²) in [5, 5.41) is 7.25. The van der Waals surface area contributed by atoms with Gasteiger partial charge in [0.1, 0.15) is 11.1 Å². The van der Waals surface area contributed by atoms with E-state index in [1.165, 1.54) is 4.68 Å². The first-order valence-electron chi connectivity index (χ1n) is 7.76. The zero-order valence-electron chi connectivity index (χ0n) is 13.0. The molecule has 1 saturated heterocycles. The third-order valence-corrected chi connectivity index (χ3v) is 4.91. The lowest BCUT2D eigenvalue weighted by Gasteiger charge is -2.34. The van der Waals surface area contributed by atoms with E-state index < -0.39 is 5.79 Å². The molecule has 2 heterocycles. The molecule has 1 spiro atoms.